The maximum Gasteiger partial charge on any atom is 0.255 e. The summed E-state index contributed by atoms with van der Waals surface area (Å²) in [6.07, 6.45) is 0. The molecule has 0 aliphatic carbocycles. The number of ketones is 1. The molecule has 0 bridgehead atoms. The van der Waals surface area contributed by atoms with Crippen LogP contribution in [0.5, 0.6) is 5.75 Å². The summed E-state index contributed by atoms with van der Waals surface area (Å²) >= 11 is 0. The lowest BCUT2D eigenvalue weighted by atomic mass is 10.1. The van der Waals surface area contributed by atoms with Gasteiger partial charge in [-0.25, -0.2) is 8.78 Å². The van der Waals surface area contributed by atoms with Gasteiger partial charge in [-0.1, -0.05) is 6.07 Å². The van der Waals surface area contributed by atoms with Gasteiger partial charge < -0.3 is 10.5 Å². The number of primary amides is 1. The second kappa shape index (κ2) is 6.13. The Bertz CT molecular complexity index is 684. The second-order valence-corrected chi connectivity index (χ2v) is 4.20. The number of halogens is 2. The lowest BCUT2D eigenvalue weighted by molar-refractivity contribution is 0.0910. The molecule has 0 saturated heterocycles. The fourth-order valence-corrected chi connectivity index (χ4v) is 1.73. The van der Waals surface area contributed by atoms with Gasteiger partial charge in [-0.05, 0) is 36.4 Å². The minimum atomic E-state index is -0.989. The molecule has 0 atom stereocenters. The van der Waals surface area contributed by atoms with E-state index in [0.29, 0.717) is 0 Å². The summed E-state index contributed by atoms with van der Waals surface area (Å²) < 4.78 is 31.4. The SMILES string of the molecule is NC(=O)c1c(F)cccc1OCC(=O)c1ccc(F)cc1. The van der Waals surface area contributed by atoms with E-state index in [4.69, 9.17) is 10.5 Å². The van der Waals surface area contributed by atoms with Crippen LogP contribution in [0.25, 0.3) is 0 Å². The van der Waals surface area contributed by atoms with E-state index in [0.717, 1.165) is 18.2 Å². The first-order chi connectivity index (χ1) is 9.99. The number of carbonyl (C=O) groups excluding carboxylic acids is 2. The summed E-state index contributed by atoms with van der Waals surface area (Å²) in [5, 5.41) is 0. The Balaban J connectivity index is 2.13. The fourth-order valence-electron chi connectivity index (χ4n) is 1.73. The van der Waals surface area contributed by atoms with Crippen molar-refractivity contribution in [2.24, 2.45) is 5.73 Å². The highest BCUT2D eigenvalue weighted by molar-refractivity contribution is 5.98. The Morgan fingerprint density at radius 1 is 1.05 bits per heavy atom. The van der Waals surface area contributed by atoms with Crippen molar-refractivity contribution in [3.63, 3.8) is 0 Å². The third-order valence-corrected chi connectivity index (χ3v) is 2.75. The minimum absolute atomic E-state index is 0.113. The third kappa shape index (κ3) is 3.42. The first kappa shape index (κ1) is 14.6. The Kier molecular flexibility index (Phi) is 4.27. The summed E-state index contributed by atoms with van der Waals surface area (Å²) in [6.45, 7) is -0.421. The van der Waals surface area contributed by atoms with E-state index in [1.54, 1.807) is 0 Å². The Morgan fingerprint density at radius 3 is 2.33 bits per heavy atom. The van der Waals surface area contributed by atoms with Crippen molar-refractivity contribution in [3.8, 4) is 5.75 Å². The first-order valence-electron chi connectivity index (χ1n) is 5.99. The molecule has 0 radical (unpaired) electrons. The van der Waals surface area contributed by atoms with Crippen LogP contribution in [0.1, 0.15) is 20.7 Å². The molecule has 108 valence electrons. The van der Waals surface area contributed by atoms with Crippen LogP contribution in [-0.4, -0.2) is 18.3 Å². The molecule has 0 heterocycles. The number of amides is 1. The molecular formula is C15H11F2NO3. The Labute approximate surface area is 119 Å². The van der Waals surface area contributed by atoms with Gasteiger partial charge in [0.15, 0.2) is 12.4 Å². The fraction of sp³-hybridized carbons (Fsp3) is 0.0667. The van der Waals surface area contributed by atoms with Crippen LogP contribution in [0.15, 0.2) is 42.5 Å². The van der Waals surface area contributed by atoms with Gasteiger partial charge in [0, 0.05) is 5.56 Å². The standard InChI is InChI=1S/C15H11F2NO3/c16-10-6-4-9(5-7-10)12(19)8-21-13-3-1-2-11(17)14(13)15(18)20/h1-7H,8H2,(H2,18,20). The molecule has 0 saturated carbocycles. The van der Waals surface area contributed by atoms with Crippen LogP contribution in [0.4, 0.5) is 8.78 Å². The van der Waals surface area contributed by atoms with Gasteiger partial charge in [0.2, 0.25) is 0 Å². The third-order valence-electron chi connectivity index (χ3n) is 2.75. The monoisotopic (exact) mass is 291 g/mol. The number of ether oxygens (including phenoxy) is 1. The lowest BCUT2D eigenvalue weighted by Crippen LogP contribution is -2.18. The van der Waals surface area contributed by atoms with E-state index in [-0.39, 0.29) is 11.3 Å². The summed E-state index contributed by atoms with van der Waals surface area (Å²) in [4.78, 5) is 23.0. The number of hydrogen-bond donors (Lipinski definition) is 1. The van der Waals surface area contributed by atoms with Crippen molar-refractivity contribution < 1.29 is 23.1 Å². The van der Waals surface area contributed by atoms with Crippen LogP contribution in [0.2, 0.25) is 0 Å². The van der Waals surface area contributed by atoms with E-state index in [1.807, 2.05) is 0 Å². The van der Waals surface area contributed by atoms with E-state index in [2.05, 4.69) is 0 Å². The number of hydrogen-bond acceptors (Lipinski definition) is 3. The summed E-state index contributed by atoms with van der Waals surface area (Å²) in [5.74, 6) is -2.83. The molecule has 6 heteroatoms. The topological polar surface area (TPSA) is 69.4 Å². The zero-order valence-electron chi connectivity index (χ0n) is 10.8. The van der Waals surface area contributed by atoms with Gasteiger partial charge in [0.1, 0.15) is 22.9 Å². The number of Topliss-reactive ketones (excluding diaryl/α,β-unsaturated/α-hetero) is 1. The molecule has 0 spiro atoms. The zero-order chi connectivity index (χ0) is 15.4. The molecule has 0 fully saturated rings. The van der Waals surface area contributed by atoms with Gasteiger partial charge in [-0.15, -0.1) is 0 Å². The van der Waals surface area contributed by atoms with Crippen molar-refractivity contribution in [3.05, 3.63) is 65.2 Å². The van der Waals surface area contributed by atoms with Crippen molar-refractivity contribution in [2.45, 2.75) is 0 Å². The van der Waals surface area contributed by atoms with Gasteiger partial charge in [0.05, 0.1) is 0 Å². The van der Waals surface area contributed by atoms with Crippen molar-refractivity contribution in [2.75, 3.05) is 6.61 Å². The predicted molar refractivity (Wildman–Crippen MR) is 71.1 cm³/mol. The quantitative estimate of drug-likeness (QED) is 0.859. The maximum atomic E-state index is 13.5. The largest absolute Gasteiger partial charge is 0.484 e. The van der Waals surface area contributed by atoms with Crippen LogP contribution < -0.4 is 10.5 Å². The van der Waals surface area contributed by atoms with E-state index >= 15 is 0 Å². The highest BCUT2D eigenvalue weighted by atomic mass is 19.1. The molecule has 2 rings (SSSR count). The van der Waals surface area contributed by atoms with Crippen molar-refractivity contribution >= 4 is 11.7 Å². The Hall–Kier alpha value is -2.76. The van der Waals surface area contributed by atoms with E-state index in [9.17, 15) is 18.4 Å². The highest BCUT2D eigenvalue weighted by Crippen LogP contribution is 2.21. The summed E-state index contributed by atoms with van der Waals surface area (Å²) in [6, 6.07) is 8.63. The maximum absolute atomic E-state index is 13.5. The van der Waals surface area contributed by atoms with Gasteiger partial charge in [0.25, 0.3) is 5.91 Å². The van der Waals surface area contributed by atoms with E-state index < -0.39 is 35.5 Å². The first-order valence-corrected chi connectivity index (χ1v) is 5.99. The van der Waals surface area contributed by atoms with Crippen LogP contribution >= 0.6 is 0 Å². The van der Waals surface area contributed by atoms with Crippen LogP contribution in [0, 0.1) is 11.6 Å². The molecular weight excluding hydrogens is 280 g/mol. The highest BCUT2D eigenvalue weighted by Gasteiger charge is 2.16. The number of nitrogens with two attached hydrogens (primary N) is 1. The second-order valence-electron chi connectivity index (χ2n) is 4.20. The predicted octanol–water partition coefficient (Wildman–Crippen LogP) is 2.33. The molecule has 1 amide bonds. The lowest BCUT2D eigenvalue weighted by Gasteiger charge is -2.09. The molecule has 0 aromatic heterocycles. The van der Waals surface area contributed by atoms with Crippen molar-refractivity contribution in [1.82, 2.24) is 0 Å². The van der Waals surface area contributed by atoms with Gasteiger partial charge >= 0.3 is 0 Å². The molecule has 0 aliphatic rings. The number of benzene rings is 2. The van der Waals surface area contributed by atoms with Gasteiger partial charge in [-0.2, -0.15) is 0 Å². The smallest absolute Gasteiger partial charge is 0.255 e. The molecule has 4 nitrogen and oxygen atoms in total. The number of carbonyl (C=O) groups is 2. The normalized spacial score (nSPS) is 10.2. The minimum Gasteiger partial charge on any atom is -0.484 e. The Morgan fingerprint density at radius 2 is 1.71 bits per heavy atom. The van der Waals surface area contributed by atoms with Crippen LogP contribution in [-0.2, 0) is 0 Å². The molecule has 0 unspecified atom stereocenters. The summed E-state index contributed by atoms with van der Waals surface area (Å²) in [5.41, 5.74) is 4.90. The average molecular weight is 291 g/mol. The van der Waals surface area contributed by atoms with Crippen LogP contribution in [0.3, 0.4) is 0 Å². The molecule has 2 aromatic rings. The van der Waals surface area contributed by atoms with E-state index in [1.165, 1.54) is 24.3 Å². The average Bonchev–Trinajstić information content (AvgIpc) is 2.45. The van der Waals surface area contributed by atoms with Gasteiger partial charge in [-0.3, -0.25) is 9.59 Å². The molecule has 2 aromatic carbocycles. The summed E-state index contributed by atoms with van der Waals surface area (Å²) in [7, 11) is 0. The molecule has 21 heavy (non-hydrogen) atoms. The van der Waals surface area contributed by atoms with Crippen molar-refractivity contribution in [1.29, 1.82) is 0 Å². The number of rotatable bonds is 5. The zero-order valence-corrected chi connectivity index (χ0v) is 10.8. The molecule has 0 aliphatic heterocycles. The molecule has 2 N–H and O–H groups in total.